The van der Waals surface area contributed by atoms with Crippen molar-refractivity contribution in [2.75, 3.05) is 0 Å². The van der Waals surface area contributed by atoms with Crippen LogP contribution in [0.15, 0.2) is 36.4 Å². The van der Waals surface area contributed by atoms with Crippen LogP contribution in [0.1, 0.15) is 71.4 Å². The van der Waals surface area contributed by atoms with Crippen LogP contribution in [-0.2, 0) is 38.1 Å². The van der Waals surface area contributed by atoms with Gasteiger partial charge in [0.05, 0.1) is 0 Å². The number of hydrogen-bond acceptors (Lipinski definition) is 6. The van der Waals surface area contributed by atoms with Crippen LogP contribution in [0.2, 0.25) is 9.88 Å². The topological polar surface area (TPSA) is 74.6 Å². The fraction of sp³-hybridized carbons (Fsp3) is 0.417. The molecule has 0 aromatic heterocycles. The summed E-state index contributed by atoms with van der Waals surface area (Å²) >= 11 is 9.24. The van der Waals surface area contributed by atoms with Crippen molar-refractivity contribution < 1.29 is 19.8 Å². The van der Waals surface area contributed by atoms with E-state index in [2.05, 4.69) is 49.0 Å². The number of hydrogen-bond donors (Lipinski definition) is 2. The molecule has 0 heterocycles. The average Bonchev–Trinajstić information content (AvgIpc) is 2.73. The maximum atomic E-state index is 10.9. The van der Waals surface area contributed by atoms with Crippen molar-refractivity contribution in [3.05, 3.63) is 58.7 Å². The van der Waals surface area contributed by atoms with Gasteiger partial charge in [-0.25, -0.2) is 0 Å². The number of benzene rings is 2. The molecule has 0 spiro atoms. The van der Waals surface area contributed by atoms with Gasteiger partial charge >= 0.3 is 31.0 Å². The summed E-state index contributed by atoms with van der Waals surface area (Å²) in [5, 5.41) is 18.4. The predicted molar refractivity (Wildman–Crippen MR) is 134 cm³/mol. The predicted octanol–water partition coefficient (Wildman–Crippen LogP) is 5.63. The van der Waals surface area contributed by atoms with Gasteiger partial charge in [-0.05, 0) is 48.9 Å². The van der Waals surface area contributed by atoms with Crippen LogP contribution >= 0.6 is 0 Å². The number of para-hydroxylation sites is 2. The summed E-state index contributed by atoms with van der Waals surface area (Å²) in [5.74, 6) is 0.113. The second kappa shape index (κ2) is 17.2. The van der Waals surface area contributed by atoms with Crippen LogP contribution in [0, 0.1) is 0 Å². The minimum atomic E-state index is -0.499. The molecule has 0 radical (unpaired) electrons. The molecule has 2 N–H and O–H groups in total. The zero-order chi connectivity index (χ0) is 23.8. The van der Waals surface area contributed by atoms with Crippen LogP contribution in [0.3, 0.4) is 0 Å². The Balaban J connectivity index is 0.000000516. The Morgan fingerprint density at radius 3 is 1.35 bits per heavy atom. The van der Waals surface area contributed by atoms with E-state index in [4.69, 9.17) is 0 Å². The van der Waals surface area contributed by atoms with Crippen molar-refractivity contribution in [2.24, 2.45) is 0 Å². The average molecular weight is 567 g/mol. The first-order chi connectivity index (χ1) is 14.7. The van der Waals surface area contributed by atoms with E-state index in [-0.39, 0.29) is 43.8 Å². The summed E-state index contributed by atoms with van der Waals surface area (Å²) < 4.78 is 0. The first-order valence-corrected chi connectivity index (χ1v) is 16.9. The third-order valence-corrected chi connectivity index (χ3v) is 4.72. The molecular weight excluding hydrogens is 535 g/mol. The quantitative estimate of drug-likeness (QED) is 0.318. The van der Waals surface area contributed by atoms with E-state index < -0.39 is 10.2 Å². The standard InChI is InChI=1S/2C11H14O2S.2CH3.Sn/c2*1-2-3-5-8-6-4-7-9(10(8)12)11(13)14;;;/h2*4,6-7,12H,2-3,5H2,1H3,(H,13,14);2*1H3;/q;;;;+2/p-2. The Morgan fingerprint density at radius 1 is 0.774 bits per heavy atom. The molecule has 0 saturated heterocycles. The van der Waals surface area contributed by atoms with Crippen LogP contribution in [0.4, 0.5) is 0 Å². The van der Waals surface area contributed by atoms with E-state index >= 15 is 0 Å². The molecule has 0 unspecified atom stereocenters. The zero-order valence-corrected chi connectivity index (χ0v) is 23.2. The Hall–Kier alpha value is -1.38. The van der Waals surface area contributed by atoms with Gasteiger partial charge in [0.15, 0.2) is 0 Å². The van der Waals surface area contributed by atoms with E-state index in [1.165, 1.54) is 0 Å². The van der Waals surface area contributed by atoms with Gasteiger partial charge in [-0.2, -0.15) is 0 Å². The molecule has 0 aliphatic carbocycles. The molecule has 7 heteroatoms. The first kappa shape index (κ1) is 29.6. The van der Waals surface area contributed by atoms with E-state index in [9.17, 15) is 19.8 Å². The van der Waals surface area contributed by atoms with Crippen molar-refractivity contribution in [2.45, 2.75) is 62.3 Å². The van der Waals surface area contributed by atoms with Gasteiger partial charge in [0, 0.05) is 21.4 Å². The minimum absolute atomic E-state index is 0.0564. The van der Waals surface area contributed by atoms with Crippen molar-refractivity contribution >= 4 is 56.6 Å². The molecule has 0 atom stereocenters. The normalized spacial score (nSPS) is 9.42. The van der Waals surface area contributed by atoms with Gasteiger partial charge in [-0.15, -0.1) is 0 Å². The second-order valence-corrected chi connectivity index (χ2v) is 10.5. The summed E-state index contributed by atoms with van der Waals surface area (Å²) in [4.78, 5) is 26.5. The summed E-state index contributed by atoms with van der Waals surface area (Å²) in [6.07, 6.45) is 5.71. The molecule has 31 heavy (non-hydrogen) atoms. The molecule has 2 rings (SSSR count). The van der Waals surface area contributed by atoms with Gasteiger partial charge < -0.3 is 45.1 Å². The number of phenolic OH excluding ortho intramolecular Hbond substituents is 2. The molecule has 2 aromatic carbocycles. The summed E-state index contributed by atoms with van der Waals surface area (Å²) in [7, 11) is 0. The van der Waals surface area contributed by atoms with Gasteiger partial charge in [-0.1, -0.05) is 51.0 Å². The SMILES string of the molecule is CCCCc1cccc(C(=O)[S-])c1O.CCCCc1cccc(C(=O)[S-])c1O.[CH3][Sn+2][CH3]. The van der Waals surface area contributed by atoms with E-state index in [1.807, 2.05) is 12.1 Å². The molecule has 0 saturated carbocycles. The van der Waals surface area contributed by atoms with Crippen molar-refractivity contribution in [1.29, 1.82) is 0 Å². The molecule has 0 fully saturated rings. The monoisotopic (exact) mass is 568 g/mol. The number of phenols is 2. The number of rotatable bonds is 8. The van der Waals surface area contributed by atoms with Gasteiger partial charge in [-0.3, -0.25) is 0 Å². The number of aryl methyl sites for hydroxylation is 2. The molecule has 0 amide bonds. The Kier molecular flexibility index (Phi) is 16.4. The van der Waals surface area contributed by atoms with Gasteiger partial charge in [0.25, 0.3) is 0 Å². The fourth-order valence-corrected chi connectivity index (χ4v) is 2.98. The van der Waals surface area contributed by atoms with Crippen LogP contribution in [0.5, 0.6) is 11.5 Å². The zero-order valence-electron chi connectivity index (χ0n) is 18.7. The Morgan fingerprint density at radius 2 is 1.10 bits per heavy atom. The maximum absolute atomic E-state index is 10.9. The molecular formula is C24H32O4S2Sn. The van der Waals surface area contributed by atoms with Crippen molar-refractivity contribution in [3.8, 4) is 11.5 Å². The van der Waals surface area contributed by atoms with E-state index in [0.29, 0.717) is 0 Å². The van der Waals surface area contributed by atoms with Gasteiger partial charge in [0.2, 0.25) is 0 Å². The molecule has 0 aliphatic rings. The number of aromatic hydroxyl groups is 2. The number of unbranched alkanes of at least 4 members (excludes halogenated alkanes) is 2. The molecule has 168 valence electrons. The number of carbonyl (C=O) groups excluding carboxylic acids is 2. The van der Waals surface area contributed by atoms with Crippen LogP contribution in [-0.4, -0.2) is 41.6 Å². The fourth-order valence-electron chi connectivity index (χ4n) is 2.65. The molecule has 2 aromatic rings. The second-order valence-electron chi connectivity index (χ2n) is 6.91. The Labute approximate surface area is 207 Å². The summed E-state index contributed by atoms with van der Waals surface area (Å²) in [5.41, 5.74) is 2.10. The first-order valence-electron chi connectivity index (χ1n) is 10.4. The van der Waals surface area contributed by atoms with Crippen LogP contribution < -0.4 is 0 Å². The molecule has 0 aliphatic heterocycles. The van der Waals surface area contributed by atoms with E-state index in [1.54, 1.807) is 24.3 Å². The van der Waals surface area contributed by atoms with Crippen molar-refractivity contribution in [3.63, 3.8) is 0 Å². The Bertz CT molecular complexity index is 758. The van der Waals surface area contributed by atoms with Gasteiger partial charge in [0.1, 0.15) is 11.5 Å². The molecule has 0 bridgehead atoms. The van der Waals surface area contributed by atoms with Crippen LogP contribution in [0.25, 0.3) is 0 Å². The summed E-state index contributed by atoms with van der Waals surface area (Å²) in [6.45, 7) is 4.16. The molecule has 4 nitrogen and oxygen atoms in total. The van der Waals surface area contributed by atoms with Crippen molar-refractivity contribution in [1.82, 2.24) is 0 Å². The third-order valence-electron chi connectivity index (χ3n) is 4.28. The number of carbonyl (C=O) groups is 2. The summed E-state index contributed by atoms with van der Waals surface area (Å²) in [6, 6.07) is 10.3. The van der Waals surface area contributed by atoms with E-state index in [0.717, 1.165) is 49.7 Å². The third kappa shape index (κ3) is 11.2.